The van der Waals surface area contributed by atoms with Gasteiger partial charge in [-0.25, -0.2) is 0 Å². The fourth-order valence-electron chi connectivity index (χ4n) is 9.56. The van der Waals surface area contributed by atoms with Crippen LogP contribution in [0.2, 0.25) is 0 Å². The van der Waals surface area contributed by atoms with Gasteiger partial charge in [-0.2, -0.15) is 0 Å². The van der Waals surface area contributed by atoms with Gasteiger partial charge < -0.3 is 9.32 Å². The number of hydrogen-bond acceptors (Lipinski definition) is 2. The lowest BCUT2D eigenvalue weighted by Crippen LogP contribution is -2.09. The molecule has 0 bridgehead atoms. The zero-order valence-electron chi connectivity index (χ0n) is 36.2. The molecule has 0 amide bonds. The number of hydrogen-bond donors (Lipinski definition) is 0. The Kier molecular flexibility index (Phi) is 9.89. The minimum Gasteiger partial charge on any atom is -0.456 e. The van der Waals surface area contributed by atoms with Gasteiger partial charge in [-0.15, -0.1) is 0 Å². The van der Waals surface area contributed by atoms with Gasteiger partial charge in [0.25, 0.3) is 0 Å². The normalized spacial score (nSPS) is 11.3. The van der Waals surface area contributed by atoms with E-state index >= 15 is 0 Å². The van der Waals surface area contributed by atoms with Crippen molar-refractivity contribution in [1.82, 2.24) is 0 Å². The molecule has 12 aromatic rings. The van der Waals surface area contributed by atoms with Crippen LogP contribution in [0, 0.1) is 0 Å². The van der Waals surface area contributed by atoms with Gasteiger partial charge in [0.05, 0.1) is 0 Å². The van der Waals surface area contributed by atoms with Crippen LogP contribution in [0.15, 0.2) is 265 Å². The minimum absolute atomic E-state index is 0.877. The van der Waals surface area contributed by atoms with Crippen LogP contribution in [0.4, 0.5) is 17.1 Å². The fourth-order valence-corrected chi connectivity index (χ4v) is 9.56. The van der Waals surface area contributed by atoms with E-state index in [1.807, 2.05) is 18.2 Å². The highest BCUT2D eigenvalue weighted by atomic mass is 16.3. The second-order valence-corrected chi connectivity index (χ2v) is 16.9. The highest BCUT2D eigenvalue weighted by Gasteiger charge is 2.16. The predicted octanol–water partition coefficient (Wildman–Crippen LogP) is 18.2. The molecule has 1 aromatic heterocycles. The largest absolute Gasteiger partial charge is 0.456 e. The van der Waals surface area contributed by atoms with E-state index < -0.39 is 0 Å². The number of furan rings is 1. The Bertz CT molecular complexity index is 3630. The Morgan fingerprint density at radius 1 is 0.242 bits per heavy atom. The first-order chi connectivity index (χ1) is 32.7. The lowest BCUT2D eigenvalue weighted by Gasteiger charge is -2.26. The van der Waals surface area contributed by atoms with E-state index in [4.69, 9.17) is 4.42 Å². The Balaban J connectivity index is 0.881. The number of para-hydroxylation sites is 1. The number of fused-ring (bicyclic) bond motifs is 4. The highest BCUT2D eigenvalue weighted by molar-refractivity contribution is 6.13. The monoisotopic (exact) mass is 841 g/mol. The van der Waals surface area contributed by atoms with Crippen LogP contribution in [0.1, 0.15) is 0 Å². The molecule has 0 N–H and O–H groups in total. The summed E-state index contributed by atoms with van der Waals surface area (Å²) in [5.74, 6) is 0.877. The van der Waals surface area contributed by atoms with E-state index in [-0.39, 0.29) is 0 Å². The maximum Gasteiger partial charge on any atom is 0.135 e. The first-order valence-corrected chi connectivity index (χ1v) is 22.6. The van der Waals surface area contributed by atoms with Crippen molar-refractivity contribution >= 4 is 49.6 Å². The fraction of sp³-hybridized carbons (Fsp3) is 0. The Morgan fingerprint density at radius 3 is 1.32 bits per heavy atom. The third-order valence-corrected chi connectivity index (χ3v) is 12.9. The van der Waals surface area contributed by atoms with Crippen molar-refractivity contribution in [3.05, 3.63) is 261 Å². The lowest BCUT2D eigenvalue weighted by atomic mass is 9.93. The molecule has 0 unspecified atom stereocenters. The second kappa shape index (κ2) is 16.8. The molecule has 0 aliphatic carbocycles. The van der Waals surface area contributed by atoms with E-state index in [1.165, 1.54) is 60.5 Å². The molecule has 0 fully saturated rings. The van der Waals surface area contributed by atoms with Gasteiger partial charge >= 0.3 is 0 Å². The molecular weight excluding hydrogens is 799 g/mol. The van der Waals surface area contributed by atoms with Crippen LogP contribution in [-0.2, 0) is 0 Å². The summed E-state index contributed by atoms with van der Waals surface area (Å²) in [5, 5.41) is 6.16. The predicted molar refractivity (Wildman–Crippen MR) is 279 cm³/mol. The average Bonchev–Trinajstić information content (AvgIpc) is 3.85. The van der Waals surface area contributed by atoms with Crippen molar-refractivity contribution in [2.75, 3.05) is 4.90 Å². The molecule has 0 spiro atoms. The van der Waals surface area contributed by atoms with E-state index in [9.17, 15) is 0 Å². The zero-order valence-corrected chi connectivity index (χ0v) is 36.2. The van der Waals surface area contributed by atoms with Gasteiger partial charge in [-0.3, -0.25) is 0 Å². The van der Waals surface area contributed by atoms with Crippen LogP contribution >= 0.6 is 0 Å². The molecule has 66 heavy (non-hydrogen) atoms. The number of nitrogens with zero attached hydrogens (tertiary/aromatic N) is 1. The summed E-state index contributed by atoms with van der Waals surface area (Å²) in [6.07, 6.45) is 0. The maximum atomic E-state index is 6.19. The third-order valence-electron chi connectivity index (χ3n) is 12.9. The van der Waals surface area contributed by atoms with Gasteiger partial charge in [0.15, 0.2) is 0 Å². The van der Waals surface area contributed by atoms with Gasteiger partial charge in [-0.1, -0.05) is 200 Å². The molecular formula is C64H43NO. The molecule has 0 saturated carbocycles. The van der Waals surface area contributed by atoms with Crippen LogP contribution < -0.4 is 4.90 Å². The summed E-state index contributed by atoms with van der Waals surface area (Å²) >= 11 is 0. The van der Waals surface area contributed by atoms with Crippen LogP contribution in [-0.4, -0.2) is 0 Å². The van der Waals surface area contributed by atoms with Gasteiger partial charge in [0, 0.05) is 28.0 Å². The molecule has 0 atom stereocenters. The van der Waals surface area contributed by atoms with Crippen molar-refractivity contribution < 1.29 is 4.42 Å². The summed E-state index contributed by atoms with van der Waals surface area (Å²) in [6.45, 7) is 0. The van der Waals surface area contributed by atoms with Gasteiger partial charge in [0.1, 0.15) is 11.3 Å². The number of benzene rings is 11. The molecule has 0 aliphatic heterocycles. The molecule has 1 heterocycles. The molecule has 2 nitrogen and oxygen atoms in total. The van der Waals surface area contributed by atoms with E-state index in [2.05, 4.69) is 248 Å². The minimum atomic E-state index is 0.877. The van der Waals surface area contributed by atoms with Crippen molar-refractivity contribution in [3.63, 3.8) is 0 Å². The van der Waals surface area contributed by atoms with Crippen molar-refractivity contribution in [1.29, 1.82) is 0 Å². The molecule has 0 saturated heterocycles. The summed E-state index contributed by atoms with van der Waals surface area (Å²) in [5.41, 5.74) is 17.1. The van der Waals surface area contributed by atoms with Crippen molar-refractivity contribution in [3.8, 4) is 67.0 Å². The first kappa shape index (κ1) is 38.9. The van der Waals surface area contributed by atoms with Crippen LogP contribution in [0.5, 0.6) is 0 Å². The quantitative estimate of drug-likeness (QED) is 0.135. The topological polar surface area (TPSA) is 16.4 Å². The van der Waals surface area contributed by atoms with Gasteiger partial charge in [0.2, 0.25) is 0 Å². The third kappa shape index (κ3) is 7.31. The van der Waals surface area contributed by atoms with E-state index in [0.29, 0.717) is 0 Å². The Labute approximate surface area is 384 Å². The lowest BCUT2D eigenvalue weighted by molar-refractivity contribution is 0.631. The van der Waals surface area contributed by atoms with Crippen LogP contribution in [0.25, 0.3) is 99.5 Å². The van der Waals surface area contributed by atoms with Crippen LogP contribution in [0.3, 0.4) is 0 Å². The summed E-state index contributed by atoms with van der Waals surface area (Å²) in [6, 6.07) is 93.8. The number of rotatable bonds is 9. The highest BCUT2D eigenvalue weighted by Crippen LogP contribution is 2.41. The molecule has 2 heteroatoms. The van der Waals surface area contributed by atoms with Gasteiger partial charge in [-0.05, 0) is 138 Å². The molecule has 12 rings (SSSR count). The molecule has 310 valence electrons. The van der Waals surface area contributed by atoms with Crippen molar-refractivity contribution in [2.45, 2.75) is 0 Å². The van der Waals surface area contributed by atoms with E-state index in [1.54, 1.807) is 0 Å². The van der Waals surface area contributed by atoms with Crippen molar-refractivity contribution in [2.24, 2.45) is 0 Å². The Hall–Kier alpha value is -8.72. The SMILES string of the molecule is c1ccc(-c2ccccc2-c2ccc(N(c3ccc(-c4ccc(-c5cccc(-c6cc7ccccc7o6)c5)cc4)cc3)c3ccc(-c4cc5ccccc5c5ccccc45)cc3)cc2)cc1. The average molecular weight is 842 g/mol. The molecule has 0 radical (unpaired) electrons. The zero-order chi connectivity index (χ0) is 43.8. The molecule has 0 aliphatic rings. The standard InChI is InChI=1S/C64H43NO/c1-2-13-47(14-3-1)57-19-7-8-20-58(57)48-31-37-55(38-32-48)65(56-39-33-49(34-40-56)62-42-51-15-4-6-21-59(51)60-22-9-10-23-61(60)62)54-35-29-45(30-36-54)44-25-27-46(28-26-44)50-17-12-18-52(41-50)64-43-53-16-5-11-24-63(53)66-64/h1-43H. The Morgan fingerprint density at radius 2 is 0.682 bits per heavy atom. The smallest absolute Gasteiger partial charge is 0.135 e. The summed E-state index contributed by atoms with van der Waals surface area (Å²) < 4.78 is 6.19. The van der Waals surface area contributed by atoms with E-state index in [0.717, 1.165) is 56.0 Å². The summed E-state index contributed by atoms with van der Waals surface area (Å²) in [4.78, 5) is 2.36. The molecule has 11 aromatic carbocycles. The second-order valence-electron chi connectivity index (χ2n) is 16.9. The first-order valence-electron chi connectivity index (χ1n) is 22.6. The summed E-state index contributed by atoms with van der Waals surface area (Å²) in [7, 11) is 0. The number of anilines is 3. The maximum absolute atomic E-state index is 6.19.